The lowest BCUT2D eigenvalue weighted by Crippen LogP contribution is -2.28. The molecule has 2 rings (SSSR count). The second-order valence-electron chi connectivity index (χ2n) is 4.51. The summed E-state index contributed by atoms with van der Waals surface area (Å²) in [6.45, 7) is 3.25. The summed E-state index contributed by atoms with van der Waals surface area (Å²) in [6.07, 6.45) is 3.15. The first kappa shape index (κ1) is 15.6. The fraction of sp³-hybridized carbons (Fsp3) is 0.231. The van der Waals surface area contributed by atoms with E-state index in [1.807, 2.05) is 0 Å². The molecule has 0 saturated heterocycles. The van der Waals surface area contributed by atoms with Gasteiger partial charge in [-0.3, -0.25) is 4.98 Å². The first-order chi connectivity index (χ1) is 9.83. The van der Waals surface area contributed by atoms with Crippen molar-refractivity contribution in [2.75, 3.05) is 0 Å². The van der Waals surface area contributed by atoms with E-state index >= 15 is 0 Å². The van der Waals surface area contributed by atoms with E-state index in [1.54, 1.807) is 38.4 Å². The van der Waals surface area contributed by atoms with Crippen LogP contribution in [0.1, 0.15) is 33.8 Å². The summed E-state index contributed by atoms with van der Waals surface area (Å²) < 4.78 is 27.4. The van der Waals surface area contributed by atoms with Crippen LogP contribution >= 0.6 is 11.3 Å². The molecule has 0 fully saturated rings. The summed E-state index contributed by atoms with van der Waals surface area (Å²) >= 11 is 0.903. The highest BCUT2D eigenvalue weighted by atomic mass is 32.2. The van der Waals surface area contributed by atoms with Crippen molar-refractivity contribution in [3.8, 4) is 0 Å². The SMILES string of the molecule is Cc1csc(C(=O)O)c1S(=O)(=O)N[C@H](C)c1cccnc1. The maximum atomic E-state index is 12.4. The number of hydrogen-bond acceptors (Lipinski definition) is 5. The molecule has 0 aromatic carbocycles. The molecular formula is C13H14N2O4S2. The number of aromatic carboxylic acids is 1. The van der Waals surface area contributed by atoms with Crippen molar-refractivity contribution in [2.24, 2.45) is 0 Å². The molecule has 0 saturated carbocycles. The Morgan fingerprint density at radius 2 is 2.19 bits per heavy atom. The molecule has 0 bridgehead atoms. The van der Waals surface area contributed by atoms with Gasteiger partial charge in [0.05, 0.1) is 0 Å². The van der Waals surface area contributed by atoms with E-state index in [1.165, 1.54) is 5.38 Å². The van der Waals surface area contributed by atoms with Crippen LogP contribution in [0.2, 0.25) is 0 Å². The summed E-state index contributed by atoms with van der Waals surface area (Å²) in [5, 5.41) is 10.6. The van der Waals surface area contributed by atoms with Crippen LogP contribution in [-0.4, -0.2) is 24.5 Å². The fourth-order valence-electron chi connectivity index (χ4n) is 1.91. The van der Waals surface area contributed by atoms with E-state index in [2.05, 4.69) is 9.71 Å². The predicted molar refractivity (Wildman–Crippen MR) is 79.0 cm³/mol. The lowest BCUT2D eigenvalue weighted by Gasteiger charge is -2.14. The maximum absolute atomic E-state index is 12.4. The van der Waals surface area contributed by atoms with Crippen molar-refractivity contribution in [1.82, 2.24) is 9.71 Å². The third kappa shape index (κ3) is 3.29. The molecule has 1 atom stereocenters. The van der Waals surface area contributed by atoms with Crippen LogP contribution in [0.4, 0.5) is 0 Å². The Bertz CT molecular complexity index is 754. The van der Waals surface area contributed by atoms with E-state index in [9.17, 15) is 13.2 Å². The minimum atomic E-state index is -3.92. The van der Waals surface area contributed by atoms with Gasteiger partial charge in [-0.1, -0.05) is 6.07 Å². The van der Waals surface area contributed by atoms with Gasteiger partial charge >= 0.3 is 5.97 Å². The number of nitrogens with zero attached hydrogens (tertiary/aromatic N) is 1. The third-order valence-electron chi connectivity index (χ3n) is 2.90. The van der Waals surface area contributed by atoms with Crippen molar-refractivity contribution < 1.29 is 18.3 Å². The molecule has 6 nitrogen and oxygen atoms in total. The molecule has 2 aromatic rings. The lowest BCUT2D eigenvalue weighted by atomic mass is 10.2. The molecule has 112 valence electrons. The van der Waals surface area contributed by atoms with Gasteiger partial charge in [-0.2, -0.15) is 0 Å². The molecule has 2 N–H and O–H groups in total. The molecule has 0 spiro atoms. The molecule has 21 heavy (non-hydrogen) atoms. The number of carboxylic acids is 1. The number of sulfonamides is 1. The number of hydrogen-bond donors (Lipinski definition) is 2. The molecule has 0 radical (unpaired) electrons. The topological polar surface area (TPSA) is 96.4 Å². The molecule has 2 heterocycles. The first-order valence-electron chi connectivity index (χ1n) is 6.06. The number of thiophene rings is 1. The molecular weight excluding hydrogens is 312 g/mol. The normalized spacial score (nSPS) is 13.0. The van der Waals surface area contributed by atoms with Crippen LogP contribution in [0.3, 0.4) is 0 Å². The zero-order valence-electron chi connectivity index (χ0n) is 11.4. The number of rotatable bonds is 5. The second-order valence-corrected chi connectivity index (χ2v) is 7.04. The highest BCUT2D eigenvalue weighted by molar-refractivity contribution is 7.89. The Balaban J connectivity index is 2.36. The van der Waals surface area contributed by atoms with E-state index in [-0.39, 0.29) is 9.77 Å². The number of carbonyl (C=O) groups is 1. The first-order valence-corrected chi connectivity index (χ1v) is 8.43. The largest absolute Gasteiger partial charge is 0.477 e. The Morgan fingerprint density at radius 3 is 2.76 bits per heavy atom. The number of pyridine rings is 1. The summed E-state index contributed by atoms with van der Waals surface area (Å²) in [6, 6.07) is 2.95. The molecule has 8 heteroatoms. The van der Waals surface area contributed by atoms with Gasteiger partial charge in [-0.05, 0) is 36.4 Å². The molecule has 2 aromatic heterocycles. The number of nitrogens with one attached hydrogen (secondary N) is 1. The second kappa shape index (κ2) is 5.92. The molecule has 0 unspecified atom stereocenters. The van der Waals surface area contributed by atoms with Gasteiger partial charge < -0.3 is 5.11 Å². The summed E-state index contributed by atoms with van der Waals surface area (Å²) in [5.74, 6) is -1.25. The van der Waals surface area contributed by atoms with Gasteiger partial charge in [0.2, 0.25) is 10.0 Å². The molecule has 0 aliphatic heterocycles. The van der Waals surface area contributed by atoms with Gasteiger partial charge in [0.25, 0.3) is 0 Å². The minimum Gasteiger partial charge on any atom is -0.477 e. The van der Waals surface area contributed by atoms with Crippen molar-refractivity contribution in [2.45, 2.75) is 24.8 Å². The Morgan fingerprint density at radius 1 is 1.48 bits per heavy atom. The maximum Gasteiger partial charge on any atom is 0.347 e. The molecule has 0 aliphatic carbocycles. The highest BCUT2D eigenvalue weighted by Gasteiger charge is 2.28. The van der Waals surface area contributed by atoms with Gasteiger partial charge in [0.15, 0.2) is 0 Å². The number of carboxylic acid groups (broad SMARTS) is 1. The zero-order valence-corrected chi connectivity index (χ0v) is 13.0. The van der Waals surface area contributed by atoms with Crippen molar-refractivity contribution >= 4 is 27.3 Å². The molecule has 0 aliphatic rings. The molecule has 0 amide bonds. The van der Waals surface area contributed by atoms with Crippen LogP contribution in [-0.2, 0) is 10.0 Å². The van der Waals surface area contributed by atoms with Crippen LogP contribution in [0.15, 0.2) is 34.8 Å². The van der Waals surface area contributed by atoms with E-state index in [0.29, 0.717) is 11.1 Å². The van der Waals surface area contributed by atoms with Crippen molar-refractivity contribution in [3.05, 3.63) is 45.9 Å². The highest BCUT2D eigenvalue weighted by Crippen LogP contribution is 2.28. The summed E-state index contributed by atoms with van der Waals surface area (Å²) in [4.78, 5) is 14.7. The monoisotopic (exact) mass is 326 g/mol. The summed E-state index contributed by atoms with van der Waals surface area (Å²) in [7, 11) is -3.92. The predicted octanol–water partition coefficient (Wildman–Crippen LogP) is 2.19. The average molecular weight is 326 g/mol. The van der Waals surface area contributed by atoms with Gasteiger partial charge in [-0.25, -0.2) is 17.9 Å². The lowest BCUT2D eigenvalue weighted by molar-refractivity contribution is 0.0698. The quantitative estimate of drug-likeness (QED) is 0.878. The van der Waals surface area contributed by atoms with Crippen molar-refractivity contribution in [1.29, 1.82) is 0 Å². The van der Waals surface area contributed by atoms with Gasteiger partial charge in [0.1, 0.15) is 9.77 Å². The third-order valence-corrected chi connectivity index (χ3v) is 5.84. The van der Waals surface area contributed by atoms with E-state index < -0.39 is 22.0 Å². The van der Waals surface area contributed by atoms with Crippen LogP contribution in [0.25, 0.3) is 0 Å². The number of aromatic nitrogens is 1. The van der Waals surface area contributed by atoms with Crippen LogP contribution in [0.5, 0.6) is 0 Å². The van der Waals surface area contributed by atoms with E-state index in [0.717, 1.165) is 11.3 Å². The number of aryl methyl sites for hydroxylation is 1. The average Bonchev–Trinajstić information content (AvgIpc) is 2.82. The smallest absolute Gasteiger partial charge is 0.347 e. The van der Waals surface area contributed by atoms with Crippen molar-refractivity contribution in [3.63, 3.8) is 0 Å². The van der Waals surface area contributed by atoms with Crippen LogP contribution in [0, 0.1) is 6.92 Å². The van der Waals surface area contributed by atoms with E-state index in [4.69, 9.17) is 5.11 Å². The van der Waals surface area contributed by atoms with Gasteiger partial charge in [-0.15, -0.1) is 11.3 Å². The minimum absolute atomic E-state index is 0.171. The Kier molecular flexibility index (Phi) is 4.40. The summed E-state index contributed by atoms with van der Waals surface area (Å²) in [5.41, 5.74) is 1.12. The van der Waals surface area contributed by atoms with Gasteiger partial charge in [0, 0.05) is 18.4 Å². The van der Waals surface area contributed by atoms with Crippen LogP contribution < -0.4 is 4.72 Å². The standard InChI is InChI=1S/C13H14N2O4S2/c1-8-7-20-11(13(16)17)12(8)21(18,19)15-9(2)10-4-3-5-14-6-10/h3-7,9,15H,1-2H3,(H,16,17)/t9-/m1/s1. The Labute approximate surface area is 126 Å². The fourth-order valence-corrected chi connectivity index (χ4v) is 4.77. The zero-order chi connectivity index (χ0) is 15.6. The Hall–Kier alpha value is -1.77.